The van der Waals surface area contributed by atoms with E-state index in [2.05, 4.69) is 10.6 Å². The highest BCUT2D eigenvalue weighted by molar-refractivity contribution is 5.91. The van der Waals surface area contributed by atoms with Crippen LogP contribution in [0.5, 0.6) is 5.75 Å². The average Bonchev–Trinajstić information content (AvgIpc) is 2.49. The van der Waals surface area contributed by atoms with Gasteiger partial charge in [0.15, 0.2) is 0 Å². The number of nitrogens with one attached hydrogen (secondary N) is 2. The topological polar surface area (TPSA) is 59.6 Å². The minimum atomic E-state index is -0.126. The van der Waals surface area contributed by atoms with E-state index in [0.717, 1.165) is 24.5 Å². The number of anilines is 1. The smallest absolute Gasteiger partial charge is 0.250 e. The van der Waals surface area contributed by atoms with Crippen molar-refractivity contribution in [3.05, 3.63) is 24.3 Å². The van der Waals surface area contributed by atoms with Crippen LogP contribution < -0.4 is 15.4 Å². The van der Waals surface area contributed by atoms with E-state index in [9.17, 15) is 4.79 Å². The van der Waals surface area contributed by atoms with Gasteiger partial charge in [0.05, 0.1) is 13.7 Å². The highest BCUT2D eigenvalue weighted by Crippen LogP contribution is 2.15. The number of hydrogen-bond acceptors (Lipinski definition) is 4. The van der Waals surface area contributed by atoms with Crippen LogP contribution in [-0.2, 0) is 9.53 Å². The maximum atomic E-state index is 11.7. The van der Waals surface area contributed by atoms with Crippen LogP contribution in [0.1, 0.15) is 12.8 Å². The second-order valence-corrected chi connectivity index (χ2v) is 5.00. The van der Waals surface area contributed by atoms with Crippen molar-refractivity contribution in [2.24, 2.45) is 5.92 Å². The first-order valence-corrected chi connectivity index (χ1v) is 7.00. The summed E-state index contributed by atoms with van der Waals surface area (Å²) in [5.74, 6) is 1.17. The van der Waals surface area contributed by atoms with Crippen LogP contribution in [-0.4, -0.2) is 39.3 Å². The fraction of sp³-hybridized carbons (Fsp3) is 0.533. The fourth-order valence-electron chi connectivity index (χ4n) is 2.26. The van der Waals surface area contributed by atoms with Gasteiger partial charge in [0.2, 0.25) is 5.91 Å². The summed E-state index contributed by atoms with van der Waals surface area (Å²) in [7, 11) is 1.61. The molecule has 2 N–H and O–H groups in total. The third-order valence-electron chi connectivity index (χ3n) is 3.36. The van der Waals surface area contributed by atoms with Crippen LogP contribution in [0, 0.1) is 5.92 Å². The molecule has 1 amide bonds. The van der Waals surface area contributed by atoms with E-state index >= 15 is 0 Å². The zero-order valence-corrected chi connectivity index (χ0v) is 11.9. The van der Waals surface area contributed by atoms with Gasteiger partial charge in [-0.15, -0.1) is 0 Å². The Bertz CT molecular complexity index is 414. The Balaban J connectivity index is 1.66. The summed E-state index contributed by atoms with van der Waals surface area (Å²) in [5, 5.41) is 6.13. The molecule has 20 heavy (non-hydrogen) atoms. The molecule has 1 aliphatic heterocycles. The highest BCUT2D eigenvalue weighted by Gasteiger charge is 2.13. The van der Waals surface area contributed by atoms with Gasteiger partial charge in [0.25, 0.3) is 0 Å². The lowest BCUT2D eigenvalue weighted by molar-refractivity contribution is -0.121. The number of hydrogen-bond donors (Lipinski definition) is 2. The minimum absolute atomic E-state index is 0.0997. The van der Waals surface area contributed by atoms with Crippen molar-refractivity contribution in [1.29, 1.82) is 0 Å². The SMILES string of the molecule is COc1ccc(NC(=O)COCC2CCCNC2)cc1. The molecule has 0 saturated carbocycles. The molecule has 0 aliphatic carbocycles. The van der Waals surface area contributed by atoms with E-state index in [0.29, 0.717) is 12.5 Å². The zero-order chi connectivity index (χ0) is 14.2. The normalized spacial score (nSPS) is 18.6. The summed E-state index contributed by atoms with van der Waals surface area (Å²) in [6.45, 7) is 2.82. The summed E-state index contributed by atoms with van der Waals surface area (Å²) in [6.07, 6.45) is 2.36. The third kappa shape index (κ3) is 4.83. The van der Waals surface area contributed by atoms with Crippen molar-refractivity contribution >= 4 is 11.6 Å². The molecule has 2 rings (SSSR count). The standard InChI is InChI=1S/C15H22N2O3/c1-19-14-6-4-13(5-7-14)17-15(18)11-20-10-12-3-2-8-16-9-12/h4-7,12,16H,2-3,8-11H2,1H3,(H,17,18). The maximum Gasteiger partial charge on any atom is 0.250 e. The number of carbonyl (C=O) groups is 1. The second-order valence-electron chi connectivity index (χ2n) is 5.00. The third-order valence-corrected chi connectivity index (χ3v) is 3.36. The summed E-state index contributed by atoms with van der Waals surface area (Å²) < 4.78 is 10.5. The Kier molecular flexibility index (Phi) is 5.83. The Morgan fingerprint density at radius 1 is 1.40 bits per heavy atom. The first-order chi connectivity index (χ1) is 9.78. The van der Waals surface area contributed by atoms with Crippen molar-refractivity contribution in [2.45, 2.75) is 12.8 Å². The van der Waals surface area contributed by atoms with Gasteiger partial charge in [-0.2, -0.15) is 0 Å². The Morgan fingerprint density at radius 2 is 2.20 bits per heavy atom. The van der Waals surface area contributed by atoms with Gasteiger partial charge < -0.3 is 20.1 Å². The number of methoxy groups -OCH3 is 1. The molecule has 0 radical (unpaired) electrons. The summed E-state index contributed by atoms with van der Waals surface area (Å²) >= 11 is 0. The molecular formula is C15H22N2O3. The molecule has 0 bridgehead atoms. The van der Waals surface area contributed by atoms with Crippen molar-refractivity contribution in [3.8, 4) is 5.75 Å². The number of piperidine rings is 1. The van der Waals surface area contributed by atoms with Gasteiger partial charge in [-0.25, -0.2) is 0 Å². The largest absolute Gasteiger partial charge is 0.497 e. The summed E-state index contributed by atoms with van der Waals surface area (Å²) in [5.41, 5.74) is 0.749. The number of ether oxygens (including phenoxy) is 2. The molecular weight excluding hydrogens is 256 g/mol. The van der Waals surface area contributed by atoms with Crippen LogP contribution in [0.2, 0.25) is 0 Å². The Labute approximate surface area is 119 Å². The van der Waals surface area contributed by atoms with E-state index in [-0.39, 0.29) is 12.5 Å². The Hall–Kier alpha value is -1.59. The second kappa shape index (κ2) is 7.87. The lowest BCUT2D eigenvalue weighted by atomic mass is 10.0. The van der Waals surface area contributed by atoms with Gasteiger partial charge in [0, 0.05) is 12.2 Å². The first-order valence-electron chi connectivity index (χ1n) is 7.00. The van der Waals surface area contributed by atoms with Crippen LogP contribution in [0.25, 0.3) is 0 Å². The molecule has 0 spiro atoms. The van der Waals surface area contributed by atoms with E-state index < -0.39 is 0 Å². The van der Waals surface area contributed by atoms with Crippen molar-refractivity contribution in [1.82, 2.24) is 5.32 Å². The van der Waals surface area contributed by atoms with Gasteiger partial charge in [-0.05, 0) is 49.6 Å². The van der Waals surface area contributed by atoms with Crippen LogP contribution in [0.3, 0.4) is 0 Å². The number of benzene rings is 1. The van der Waals surface area contributed by atoms with Gasteiger partial charge >= 0.3 is 0 Å². The van der Waals surface area contributed by atoms with E-state index in [1.807, 2.05) is 24.3 Å². The molecule has 5 heteroatoms. The Morgan fingerprint density at radius 3 is 2.85 bits per heavy atom. The molecule has 1 aromatic rings. The zero-order valence-electron chi connectivity index (χ0n) is 11.9. The van der Waals surface area contributed by atoms with Crippen molar-refractivity contribution < 1.29 is 14.3 Å². The summed E-state index contributed by atoms with van der Waals surface area (Å²) in [4.78, 5) is 11.7. The minimum Gasteiger partial charge on any atom is -0.497 e. The molecule has 1 atom stereocenters. The molecule has 1 fully saturated rings. The van der Waals surface area contributed by atoms with Crippen LogP contribution in [0.4, 0.5) is 5.69 Å². The quantitative estimate of drug-likeness (QED) is 0.830. The van der Waals surface area contributed by atoms with Gasteiger partial charge in [0.1, 0.15) is 12.4 Å². The molecule has 5 nitrogen and oxygen atoms in total. The predicted octanol–water partition coefficient (Wildman–Crippen LogP) is 1.65. The molecule has 1 aliphatic rings. The van der Waals surface area contributed by atoms with Crippen LogP contribution in [0.15, 0.2) is 24.3 Å². The van der Waals surface area contributed by atoms with Crippen molar-refractivity contribution in [3.63, 3.8) is 0 Å². The van der Waals surface area contributed by atoms with E-state index in [4.69, 9.17) is 9.47 Å². The number of amides is 1. The van der Waals surface area contributed by atoms with Gasteiger partial charge in [-0.1, -0.05) is 0 Å². The van der Waals surface area contributed by atoms with Crippen LogP contribution >= 0.6 is 0 Å². The number of carbonyl (C=O) groups excluding carboxylic acids is 1. The van der Waals surface area contributed by atoms with E-state index in [1.54, 1.807) is 7.11 Å². The number of rotatable bonds is 6. The van der Waals surface area contributed by atoms with E-state index in [1.165, 1.54) is 12.8 Å². The lowest BCUT2D eigenvalue weighted by Crippen LogP contribution is -2.33. The van der Waals surface area contributed by atoms with Crippen molar-refractivity contribution in [2.75, 3.05) is 38.7 Å². The molecule has 0 aromatic heterocycles. The maximum absolute atomic E-state index is 11.7. The average molecular weight is 278 g/mol. The monoisotopic (exact) mass is 278 g/mol. The molecule has 110 valence electrons. The summed E-state index contributed by atoms with van der Waals surface area (Å²) in [6, 6.07) is 7.23. The predicted molar refractivity (Wildman–Crippen MR) is 78.0 cm³/mol. The van der Waals surface area contributed by atoms with Gasteiger partial charge in [-0.3, -0.25) is 4.79 Å². The molecule has 1 unspecified atom stereocenters. The lowest BCUT2D eigenvalue weighted by Gasteiger charge is -2.22. The first kappa shape index (κ1) is 14.8. The fourth-order valence-corrected chi connectivity index (χ4v) is 2.26. The molecule has 1 heterocycles. The highest BCUT2D eigenvalue weighted by atomic mass is 16.5. The molecule has 1 saturated heterocycles. The molecule has 1 aromatic carbocycles.